The van der Waals surface area contributed by atoms with Crippen LogP contribution in [0, 0.1) is 17.6 Å². The van der Waals surface area contributed by atoms with Crippen molar-refractivity contribution in [3.8, 4) is 0 Å². The number of fused-ring (bicyclic) bond motifs is 1. The number of hydrogen-bond acceptors (Lipinski definition) is 5. The van der Waals surface area contributed by atoms with E-state index >= 15 is 0 Å². The number of likely N-dealkylation sites (tertiary alicyclic amines) is 1. The van der Waals surface area contributed by atoms with Gasteiger partial charge < -0.3 is 15.4 Å². The zero-order valence-corrected chi connectivity index (χ0v) is 14.8. The number of nitrogens with two attached hydrogens (primary N) is 1. The van der Waals surface area contributed by atoms with Gasteiger partial charge in [0.15, 0.2) is 11.6 Å². The largest absolute Gasteiger partial charge is 0.462 e. The van der Waals surface area contributed by atoms with Gasteiger partial charge in [-0.3, -0.25) is 4.79 Å². The second-order valence-corrected chi connectivity index (χ2v) is 6.49. The number of nitrogens with zero attached hydrogens (tertiary/aromatic N) is 2. The number of carbonyl (C=O) groups excluding carboxylic acids is 1. The highest BCUT2D eigenvalue weighted by Gasteiger charge is 2.25. The Bertz CT molecular complexity index is 945. The Balaban J connectivity index is 2.02. The van der Waals surface area contributed by atoms with E-state index in [4.69, 9.17) is 10.5 Å². The fourth-order valence-corrected chi connectivity index (χ4v) is 3.30. The van der Waals surface area contributed by atoms with Crippen LogP contribution in [0.5, 0.6) is 0 Å². The molecule has 146 valence electrons. The summed E-state index contributed by atoms with van der Waals surface area (Å²) in [5.74, 6) is -4.97. The number of carbonyl (C=O) groups is 1. The quantitative estimate of drug-likeness (QED) is 0.625. The third kappa shape index (κ3) is 3.57. The Morgan fingerprint density at radius 2 is 2.04 bits per heavy atom. The van der Waals surface area contributed by atoms with E-state index in [1.165, 1.54) is 6.92 Å². The highest BCUT2D eigenvalue weighted by atomic mass is 19.2. The van der Waals surface area contributed by atoms with Crippen molar-refractivity contribution >= 4 is 11.5 Å². The van der Waals surface area contributed by atoms with Crippen molar-refractivity contribution in [2.24, 2.45) is 5.73 Å². The molecule has 2 aromatic heterocycles. The summed E-state index contributed by atoms with van der Waals surface area (Å²) < 4.78 is 48.7. The van der Waals surface area contributed by atoms with Crippen LogP contribution in [0.3, 0.4) is 0 Å². The van der Waals surface area contributed by atoms with Crippen LogP contribution in [0.25, 0.3) is 5.52 Å². The van der Waals surface area contributed by atoms with Gasteiger partial charge in [-0.2, -0.15) is 4.39 Å². The van der Waals surface area contributed by atoms with Crippen molar-refractivity contribution in [1.29, 1.82) is 0 Å². The monoisotopic (exact) mass is 383 g/mol. The zero-order chi connectivity index (χ0) is 19.7. The fourth-order valence-electron chi connectivity index (χ4n) is 3.30. The normalized spacial score (nSPS) is 17.6. The van der Waals surface area contributed by atoms with Crippen LogP contribution in [-0.2, 0) is 11.2 Å². The number of hydrogen-bond donors (Lipinski definition) is 1. The Labute approximate surface area is 153 Å². The van der Waals surface area contributed by atoms with Crippen LogP contribution < -0.4 is 11.3 Å². The Morgan fingerprint density at radius 3 is 2.67 bits per heavy atom. The predicted molar refractivity (Wildman–Crippen MR) is 92.2 cm³/mol. The molecule has 1 aliphatic heterocycles. The van der Waals surface area contributed by atoms with E-state index in [9.17, 15) is 22.8 Å². The first-order chi connectivity index (χ1) is 12.8. The van der Waals surface area contributed by atoms with Crippen molar-refractivity contribution < 1.29 is 22.7 Å². The summed E-state index contributed by atoms with van der Waals surface area (Å²) in [7, 11) is 0. The lowest BCUT2D eigenvalue weighted by Gasteiger charge is -2.17. The van der Waals surface area contributed by atoms with Crippen molar-refractivity contribution in [2.75, 3.05) is 26.2 Å². The molecule has 0 saturated carbocycles. The second kappa shape index (κ2) is 7.69. The number of halogens is 3. The summed E-state index contributed by atoms with van der Waals surface area (Å²) in [6, 6.07) is 2.15. The van der Waals surface area contributed by atoms with Crippen molar-refractivity contribution in [2.45, 2.75) is 25.8 Å². The fraction of sp³-hybridized carbons (Fsp3) is 0.444. The van der Waals surface area contributed by atoms with E-state index in [1.807, 2.05) is 4.90 Å². The molecule has 9 heteroatoms. The molecule has 1 saturated heterocycles. The lowest BCUT2D eigenvalue weighted by Crippen LogP contribution is -2.29. The summed E-state index contributed by atoms with van der Waals surface area (Å²) in [5.41, 5.74) is 3.28. The van der Waals surface area contributed by atoms with Crippen molar-refractivity contribution in [3.63, 3.8) is 0 Å². The molecule has 1 unspecified atom stereocenters. The van der Waals surface area contributed by atoms with Crippen LogP contribution in [0.2, 0.25) is 0 Å². The molecular weight excluding hydrogens is 363 g/mol. The molecule has 27 heavy (non-hydrogen) atoms. The first kappa shape index (κ1) is 19.4. The highest BCUT2D eigenvalue weighted by molar-refractivity contribution is 5.89. The van der Waals surface area contributed by atoms with Crippen LogP contribution in [-0.4, -0.2) is 47.6 Å². The molecular formula is C18H20F3N3O3. The summed E-state index contributed by atoms with van der Waals surface area (Å²) in [5, 5.41) is 0. The standard InChI is InChI=1S/C18H20F3N3O3/c1-2-27-18(26)12-3-4-13-14(19)11(6-8-23-7-5-10(22)9-23)15(20)16(21)24(13)17(12)25/h3-4,10H,2,5-9,22H2,1H3. The summed E-state index contributed by atoms with van der Waals surface area (Å²) in [6.45, 7) is 3.19. The van der Waals surface area contributed by atoms with Gasteiger partial charge >= 0.3 is 5.97 Å². The van der Waals surface area contributed by atoms with Crippen LogP contribution in [0.4, 0.5) is 13.2 Å². The molecule has 3 rings (SSSR count). The molecule has 3 heterocycles. The molecule has 1 aliphatic rings. The van der Waals surface area contributed by atoms with Crippen LogP contribution >= 0.6 is 0 Å². The highest BCUT2D eigenvalue weighted by Crippen LogP contribution is 2.22. The first-order valence-corrected chi connectivity index (χ1v) is 8.71. The average molecular weight is 383 g/mol. The summed E-state index contributed by atoms with van der Waals surface area (Å²) in [4.78, 5) is 26.1. The van der Waals surface area contributed by atoms with E-state index in [-0.39, 0.29) is 23.5 Å². The van der Waals surface area contributed by atoms with Crippen molar-refractivity contribution in [3.05, 3.63) is 51.2 Å². The van der Waals surface area contributed by atoms with E-state index < -0.39 is 45.8 Å². The second-order valence-electron chi connectivity index (χ2n) is 6.49. The lowest BCUT2D eigenvalue weighted by atomic mass is 10.1. The maximum atomic E-state index is 14.8. The Kier molecular flexibility index (Phi) is 5.52. The van der Waals surface area contributed by atoms with Gasteiger partial charge in [-0.25, -0.2) is 18.0 Å². The minimum atomic E-state index is -1.53. The van der Waals surface area contributed by atoms with E-state index in [1.54, 1.807) is 0 Å². The minimum Gasteiger partial charge on any atom is -0.462 e. The zero-order valence-electron chi connectivity index (χ0n) is 14.8. The van der Waals surface area contributed by atoms with Gasteiger partial charge in [-0.05, 0) is 38.4 Å². The van der Waals surface area contributed by atoms with Gasteiger partial charge in [-0.15, -0.1) is 0 Å². The van der Waals surface area contributed by atoms with Gasteiger partial charge in [0.1, 0.15) is 5.56 Å². The maximum absolute atomic E-state index is 14.8. The predicted octanol–water partition coefficient (Wildman–Crippen LogP) is 1.47. The molecule has 1 atom stereocenters. The molecule has 2 N–H and O–H groups in total. The number of pyridine rings is 2. The van der Waals surface area contributed by atoms with Crippen LogP contribution in [0.1, 0.15) is 29.3 Å². The maximum Gasteiger partial charge on any atom is 0.343 e. The van der Waals surface area contributed by atoms with E-state index in [2.05, 4.69) is 0 Å². The third-order valence-electron chi connectivity index (χ3n) is 4.70. The minimum absolute atomic E-state index is 0.00523. The number of esters is 1. The van der Waals surface area contributed by atoms with Gasteiger partial charge in [0.25, 0.3) is 5.56 Å². The van der Waals surface area contributed by atoms with Gasteiger partial charge in [0.2, 0.25) is 5.95 Å². The molecule has 0 spiro atoms. The molecule has 0 aliphatic carbocycles. The molecule has 0 radical (unpaired) electrons. The molecule has 2 aromatic rings. The van der Waals surface area contributed by atoms with Gasteiger partial charge in [-0.1, -0.05) is 0 Å². The topological polar surface area (TPSA) is 77.0 Å². The number of rotatable bonds is 5. The number of aromatic nitrogens is 1. The van der Waals surface area contributed by atoms with Crippen molar-refractivity contribution in [1.82, 2.24) is 9.30 Å². The Morgan fingerprint density at radius 1 is 1.30 bits per heavy atom. The van der Waals surface area contributed by atoms with E-state index in [0.29, 0.717) is 19.6 Å². The van der Waals surface area contributed by atoms with Gasteiger partial charge in [0.05, 0.1) is 12.1 Å². The summed E-state index contributed by atoms with van der Waals surface area (Å²) in [6.07, 6.45) is 0.731. The molecule has 0 aromatic carbocycles. The number of ether oxygens (including phenoxy) is 1. The molecule has 1 fully saturated rings. The van der Waals surface area contributed by atoms with E-state index in [0.717, 1.165) is 18.6 Å². The SMILES string of the molecule is CCOC(=O)c1ccc2c(F)c(CCN3CCC(N)C3)c(F)c(F)n2c1=O. The average Bonchev–Trinajstić information content (AvgIpc) is 3.05. The lowest BCUT2D eigenvalue weighted by molar-refractivity contribution is 0.0524. The van der Waals surface area contributed by atoms with Crippen LogP contribution in [0.15, 0.2) is 16.9 Å². The smallest absolute Gasteiger partial charge is 0.343 e. The third-order valence-corrected chi connectivity index (χ3v) is 4.70. The molecule has 0 bridgehead atoms. The molecule has 6 nitrogen and oxygen atoms in total. The van der Waals surface area contributed by atoms with Gasteiger partial charge in [0, 0.05) is 24.7 Å². The summed E-state index contributed by atoms with van der Waals surface area (Å²) >= 11 is 0. The first-order valence-electron chi connectivity index (χ1n) is 8.71. The Hall–Kier alpha value is -2.39. The molecule has 0 amide bonds.